The van der Waals surface area contributed by atoms with Crippen molar-refractivity contribution in [1.29, 1.82) is 5.41 Å². The predicted molar refractivity (Wildman–Crippen MR) is 215 cm³/mol. The number of ketones is 2. The number of anilines is 1. The van der Waals surface area contributed by atoms with Crippen molar-refractivity contribution in [2.75, 3.05) is 5.32 Å². The van der Waals surface area contributed by atoms with Crippen LogP contribution < -0.4 is 20.5 Å². The van der Waals surface area contributed by atoms with Crippen LogP contribution in [-0.4, -0.2) is 34.0 Å². The van der Waals surface area contributed by atoms with E-state index in [0.717, 1.165) is 49.3 Å². The van der Waals surface area contributed by atoms with Crippen LogP contribution in [0.2, 0.25) is 0 Å². The molecule has 2 saturated carbocycles. The molecule has 1 heterocycles. The Labute approximate surface area is 323 Å². The lowest BCUT2D eigenvalue weighted by Gasteiger charge is -2.38. The summed E-state index contributed by atoms with van der Waals surface area (Å²) in [5.74, 6) is 1.03. The van der Waals surface area contributed by atoms with Crippen LogP contribution in [0.5, 0.6) is 17.2 Å². The Morgan fingerprint density at radius 3 is 2.49 bits per heavy atom. The summed E-state index contributed by atoms with van der Waals surface area (Å²) in [6.45, 7) is 12.0. The number of aryl methyl sites for hydroxylation is 1. The maximum atomic E-state index is 14.1. The van der Waals surface area contributed by atoms with E-state index in [1.807, 2.05) is 39.8 Å². The zero-order valence-corrected chi connectivity index (χ0v) is 32.8. The van der Waals surface area contributed by atoms with Gasteiger partial charge in [-0.1, -0.05) is 59.6 Å². The van der Waals surface area contributed by atoms with Crippen LogP contribution in [0.15, 0.2) is 72.1 Å². The van der Waals surface area contributed by atoms with Crippen LogP contribution in [0.4, 0.5) is 10.1 Å². The van der Waals surface area contributed by atoms with Gasteiger partial charge in [0.15, 0.2) is 11.6 Å². The third-order valence-electron chi connectivity index (χ3n) is 12.1. The highest BCUT2D eigenvalue weighted by molar-refractivity contribution is 6.03. The molecule has 6 rings (SSSR count). The maximum absolute atomic E-state index is 14.1. The third-order valence-corrected chi connectivity index (χ3v) is 12.1. The second-order valence-electron chi connectivity index (χ2n) is 16.4. The van der Waals surface area contributed by atoms with Crippen molar-refractivity contribution in [3.63, 3.8) is 0 Å². The number of aliphatic hydroxyl groups excluding tert-OH is 1. The van der Waals surface area contributed by atoms with Gasteiger partial charge in [-0.15, -0.1) is 0 Å². The number of nitrogens with one attached hydrogen (secondary N) is 3. The van der Waals surface area contributed by atoms with Crippen LogP contribution in [0.25, 0.3) is 10.9 Å². The van der Waals surface area contributed by atoms with Gasteiger partial charge >= 0.3 is 0 Å². The summed E-state index contributed by atoms with van der Waals surface area (Å²) >= 11 is 0. The number of hydrogen-bond donors (Lipinski definition) is 5. The number of aromatic nitrogens is 1. The first-order valence-corrected chi connectivity index (χ1v) is 19.6. The molecule has 0 saturated heterocycles. The van der Waals surface area contributed by atoms with E-state index in [1.165, 1.54) is 12.5 Å². The number of aliphatic hydroxyl groups is 1. The molecule has 2 fully saturated rings. The number of halogens is 1. The number of hydrogen-bond acceptors (Lipinski definition) is 8. The van der Waals surface area contributed by atoms with Crippen LogP contribution in [0, 0.1) is 41.3 Å². The maximum Gasteiger partial charge on any atom is 0.165 e. The lowest BCUT2D eigenvalue weighted by Crippen LogP contribution is -2.45. The van der Waals surface area contributed by atoms with E-state index >= 15 is 0 Å². The lowest BCUT2D eigenvalue weighted by atomic mass is 9.62. The van der Waals surface area contributed by atoms with Gasteiger partial charge in [0.1, 0.15) is 35.0 Å². The SMILES string of the molecule is Cc1cc(Oc2ccccc2F)ccc1N/C(N)=C(\C=N)C(O)c1cc2cc(OC3CCCCC(C(C)C)CC3)c(C3CC(=O)C(C)C(C)(C)C3=O)cc2[nH]1. The predicted octanol–water partition coefficient (Wildman–Crippen LogP) is 10.0. The van der Waals surface area contributed by atoms with Crippen molar-refractivity contribution < 1.29 is 28.6 Å². The van der Waals surface area contributed by atoms with Gasteiger partial charge < -0.3 is 36.0 Å². The first kappa shape index (κ1) is 39.7. The first-order valence-electron chi connectivity index (χ1n) is 19.6. The molecule has 10 heteroatoms. The smallest absolute Gasteiger partial charge is 0.165 e. The van der Waals surface area contributed by atoms with E-state index in [0.29, 0.717) is 45.8 Å². The number of carbonyl (C=O) groups excluding carboxylic acids is 2. The van der Waals surface area contributed by atoms with E-state index in [1.54, 1.807) is 42.5 Å². The Kier molecular flexibility index (Phi) is 11.9. The molecule has 292 valence electrons. The highest BCUT2D eigenvalue weighted by Crippen LogP contribution is 2.46. The fourth-order valence-electron chi connectivity index (χ4n) is 8.12. The van der Waals surface area contributed by atoms with Crippen molar-refractivity contribution in [1.82, 2.24) is 4.98 Å². The molecule has 4 aromatic rings. The number of H-pyrrole nitrogens is 1. The number of aromatic amines is 1. The molecule has 6 N–H and O–H groups in total. The van der Waals surface area contributed by atoms with E-state index in [4.69, 9.17) is 20.6 Å². The molecule has 1 aromatic heterocycles. The second kappa shape index (κ2) is 16.4. The summed E-state index contributed by atoms with van der Waals surface area (Å²) in [6.07, 6.45) is 6.16. The molecule has 0 aliphatic heterocycles. The minimum absolute atomic E-state index is 0.0168. The van der Waals surface area contributed by atoms with Gasteiger partial charge in [0, 0.05) is 57.4 Å². The molecule has 2 aliphatic rings. The molecular formula is C45H55FN4O5. The summed E-state index contributed by atoms with van der Waals surface area (Å²) in [6, 6.07) is 16.9. The number of carbonyl (C=O) groups is 2. The van der Waals surface area contributed by atoms with E-state index in [-0.39, 0.29) is 47.2 Å². The fraction of sp³-hybridized carbons (Fsp3) is 0.444. The van der Waals surface area contributed by atoms with Crippen molar-refractivity contribution >= 4 is 34.4 Å². The lowest BCUT2D eigenvalue weighted by molar-refractivity contribution is -0.144. The number of Topliss-reactive ketones (excluding diaryl/α,β-unsaturated/α-hetero) is 2. The molecular weight excluding hydrogens is 696 g/mol. The number of ether oxygens (including phenoxy) is 2. The Balaban J connectivity index is 1.31. The topological polar surface area (TPSA) is 151 Å². The molecule has 0 radical (unpaired) electrons. The first-order chi connectivity index (χ1) is 26.2. The number of para-hydroxylation sites is 1. The summed E-state index contributed by atoms with van der Waals surface area (Å²) in [5, 5.41) is 23.7. The van der Waals surface area contributed by atoms with Crippen molar-refractivity contribution in [2.24, 2.45) is 28.9 Å². The second-order valence-corrected chi connectivity index (χ2v) is 16.4. The quantitative estimate of drug-likeness (QED) is 0.0958. The van der Waals surface area contributed by atoms with Gasteiger partial charge in [-0.05, 0) is 98.5 Å². The summed E-state index contributed by atoms with van der Waals surface area (Å²) in [7, 11) is 0. The Morgan fingerprint density at radius 1 is 1.04 bits per heavy atom. The number of benzene rings is 3. The van der Waals surface area contributed by atoms with E-state index < -0.39 is 23.3 Å². The van der Waals surface area contributed by atoms with Crippen LogP contribution >= 0.6 is 0 Å². The van der Waals surface area contributed by atoms with E-state index in [2.05, 4.69) is 24.1 Å². The molecule has 55 heavy (non-hydrogen) atoms. The van der Waals surface area contributed by atoms with Gasteiger partial charge in [-0.25, -0.2) is 4.39 Å². The molecule has 5 unspecified atom stereocenters. The molecule has 0 bridgehead atoms. The number of nitrogens with two attached hydrogens (primary N) is 1. The van der Waals surface area contributed by atoms with Crippen LogP contribution in [-0.2, 0) is 9.59 Å². The average Bonchev–Trinajstić information content (AvgIpc) is 3.55. The molecule has 2 aliphatic carbocycles. The number of rotatable bonds is 11. The van der Waals surface area contributed by atoms with Crippen molar-refractivity contribution in [3.05, 3.63) is 94.7 Å². The molecule has 3 aromatic carbocycles. The monoisotopic (exact) mass is 750 g/mol. The van der Waals surface area contributed by atoms with Crippen LogP contribution in [0.1, 0.15) is 108 Å². The normalized spacial score (nSPS) is 22.8. The fourth-order valence-corrected chi connectivity index (χ4v) is 8.12. The zero-order valence-electron chi connectivity index (χ0n) is 32.8. The Hall–Kier alpha value is -4.96. The van der Waals surface area contributed by atoms with Crippen molar-refractivity contribution in [2.45, 2.75) is 105 Å². The highest BCUT2D eigenvalue weighted by Gasteiger charge is 2.48. The molecule has 9 nitrogen and oxygen atoms in total. The third kappa shape index (κ3) is 8.49. The van der Waals surface area contributed by atoms with Crippen LogP contribution in [0.3, 0.4) is 0 Å². The van der Waals surface area contributed by atoms with Gasteiger partial charge in [-0.2, -0.15) is 0 Å². The zero-order chi connectivity index (χ0) is 39.6. The van der Waals surface area contributed by atoms with Crippen molar-refractivity contribution in [3.8, 4) is 17.2 Å². The molecule has 0 amide bonds. The number of fused-ring (bicyclic) bond motifs is 1. The minimum Gasteiger partial charge on any atom is -0.490 e. The molecule has 5 atom stereocenters. The largest absolute Gasteiger partial charge is 0.490 e. The summed E-state index contributed by atoms with van der Waals surface area (Å²) in [4.78, 5) is 30.7. The standard InChI is InChI=1S/C45H55FN4O5/c1-25(2)28-11-7-8-12-30(16-15-28)54-41-21-29-20-38(49-37(29)22-32(41)33-23-39(51)27(4)45(5,6)43(33)53)42(52)34(24-47)44(48)50-36-18-17-31(19-26(36)3)55-40-14-10-9-13-35(40)46/h9-10,13-14,17-22,24-25,27-28,30,33,42,47,49-50,52H,7-8,11-12,15-16,23,48H2,1-6H3/b44-34+,47-24?. The Bertz CT molecular complexity index is 2100. The van der Waals surface area contributed by atoms with Gasteiger partial charge in [0.2, 0.25) is 0 Å². The molecule has 0 spiro atoms. The Morgan fingerprint density at radius 2 is 1.78 bits per heavy atom. The van der Waals surface area contributed by atoms with E-state index in [9.17, 15) is 19.1 Å². The minimum atomic E-state index is -1.30. The average molecular weight is 751 g/mol. The summed E-state index contributed by atoms with van der Waals surface area (Å²) < 4.78 is 26.7. The summed E-state index contributed by atoms with van der Waals surface area (Å²) in [5.41, 5.74) is 8.90. The highest BCUT2D eigenvalue weighted by atomic mass is 19.1. The van der Waals surface area contributed by atoms with Gasteiger partial charge in [0.05, 0.1) is 12.0 Å². The van der Waals surface area contributed by atoms with Gasteiger partial charge in [0.25, 0.3) is 0 Å². The van der Waals surface area contributed by atoms with Gasteiger partial charge in [-0.3, -0.25) is 9.59 Å².